The van der Waals surface area contributed by atoms with Gasteiger partial charge in [-0.2, -0.15) is 0 Å². The van der Waals surface area contributed by atoms with Crippen molar-refractivity contribution in [3.05, 3.63) is 71.5 Å². The van der Waals surface area contributed by atoms with E-state index in [1.807, 2.05) is 32.0 Å². The van der Waals surface area contributed by atoms with Crippen molar-refractivity contribution in [1.82, 2.24) is 20.4 Å². The van der Waals surface area contributed by atoms with Crippen molar-refractivity contribution in [2.24, 2.45) is 5.92 Å². The fourth-order valence-corrected chi connectivity index (χ4v) is 3.70. The second-order valence-electron chi connectivity index (χ2n) is 7.98. The first-order chi connectivity index (χ1) is 15.8. The summed E-state index contributed by atoms with van der Waals surface area (Å²) in [4.78, 5) is 33.2. The Morgan fingerprint density at radius 1 is 1.09 bits per heavy atom. The molecule has 168 valence electrons. The molecule has 0 aliphatic heterocycles. The largest absolute Gasteiger partial charge is 0.464 e. The van der Waals surface area contributed by atoms with E-state index in [1.54, 1.807) is 42.7 Å². The number of hydrogen-bond donors (Lipinski definition) is 3. The Bertz CT molecular complexity index is 1360. The summed E-state index contributed by atoms with van der Waals surface area (Å²) in [6.07, 6.45) is 2.22. The summed E-state index contributed by atoms with van der Waals surface area (Å²) in [5, 5.41) is 16.7. The third-order valence-electron chi connectivity index (χ3n) is 4.96. The molecule has 8 nitrogen and oxygen atoms in total. The molecule has 2 amide bonds. The van der Waals surface area contributed by atoms with Gasteiger partial charge in [-0.25, -0.2) is 14.8 Å². The molecular weight excluding hydrogens is 442 g/mol. The number of carbonyl (C=O) groups is 2. The molecular formula is C24H22ClN5O3. The standard InChI is InChI=1S/C24H22ClN5O3/c1-14(2)13-30(24(32)33)29-23(31)15-6-7-18-20-12-26-9-8-19(20)22(28-21(18)10-15)27-17-5-3-4-16(25)11-17/h3-12,14H,13H2,1-2H3,(H,27,28)(H,29,31)(H,32,33). The van der Waals surface area contributed by atoms with Gasteiger partial charge in [-0.1, -0.05) is 37.6 Å². The van der Waals surface area contributed by atoms with Gasteiger partial charge in [-0.15, -0.1) is 0 Å². The number of nitrogens with zero attached hydrogens (tertiary/aromatic N) is 3. The number of amides is 2. The molecule has 0 aliphatic carbocycles. The third kappa shape index (κ3) is 4.96. The van der Waals surface area contributed by atoms with E-state index in [2.05, 4.69) is 15.7 Å². The summed E-state index contributed by atoms with van der Waals surface area (Å²) < 4.78 is 0. The van der Waals surface area contributed by atoms with Crippen LogP contribution >= 0.6 is 11.6 Å². The molecule has 3 N–H and O–H groups in total. The molecule has 0 aliphatic rings. The molecule has 4 rings (SSSR count). The molecule has 4 aromatic rings. The predicted octanol–water partition coefficient (Wildman–Crippen LogP) is 5.46. The molecule has 0 fully saturated rings. The first-order valence-corrected chi connectivity index (χ1v) is 10.7. The van der Waals surface area contributed by atoms with Crippen molar-refractivity contribution in [2.75, 3.05) is 11.9 Å². The number of hydrazine groups is 1. The van der Waals surface area contributed by atoms with Gasteiger partial charge in [0.25, 0.3) is 5.91 Å². The summed E-state index contributed by atoms with van der Waals surface area (Å²) in [6, 6.07) is 14.2. The van der Waals surface area contributed by atoms with Gasteiger partial charge in [-0.05, 0) is 42.3 Å². The molecule has 2 heterocycles. The minimum absolute atomic E-state index is 0.0543. The lowest BCUT2D eigenvalue weighted by Gasteiger charge is -2.22. The highest BCUT2D eigenvalue weighted by Gasteiger charge is 2.18. The van der Waals surface area contributed by atoms with Crippen molar-refractivity contribution in [3.8, 4) is 0 Å². The van der Waals surface area contributed by atoms with Crippen LogP contribution in [0.25, 0.3) is 21.7 Å². The van der Waals surface area contributed by atoms with E-state index >= 15 is 0 Å². The van der Waals surface area contributed by atoms with Crippen molar-refractivity contribution in [2.45, 2.75) is 13.8 Å². The quantitative estimate of drug-likeness (QED) is 0.268. The van der Waals surface area contributed by atoms with E-state index < -0.39 is 12.0 Å². The van der Waals surface area contributed by atoms with Gasteiger partial charge in [0.2, 0.25) is 0 Å². The highest BCUT2D eigenvalue weighted by atomic mass is 35.5. The van der Waals surface area contributed by atoms with E-state index in [-0.39, 0.29) is 12.5 Å². The highest BCUT2D eigenvalue weighted by Crippen LogP contribution is 2.31. The number of aromatic nitrogens is 2. The van der Waals surface area contributed by atoms with Crippen LogP contribution in [0, 0.1) is 5.92 Å². The molecule has 2 aromatic carbocycles. The van der Waals surface area contributed by atoms with E-state index in [1.165, 1.54) is 0 Å². The molecule has 0 saturated heterocycles. The topological polar surface area (TPSA) is 107 Å². The van der Waals surface area contributed by atoms with Crippen LogP contribution in [0.3, 0.4) is 0 Å². The molecule has 2 aromatic heterocycles. The molecule has 0 radical (unpaired) electrons. The lowest BCUT2D eigenvalue weighted by atomic mass is 10.1. The fraction of sp³-hybridized carbons (Fsp3) is 0.167. The summed E-state index contributed by atoms with van der Waals surface area (Å²) >= 11 is 6.11. The van der Waals surface area contributed by atoms with Crippen LogP contribution < -0.4 is 10.7 Å². The maximum Gasteiger partial charge on any atom is 0.426 e. The molecule has 0 atom stereocenters. The van der Waals surface area contributed by atoms with Crippen molar-refractivity contribution in [3.63, 3.8) is 0 Å². The fourth-order valence-electron chi connectivity index (χ4n) is 3.51. The first-order valence-electron chi connectivity index (χ1n) is 10.3. The number of rotatable bonds is 5. The minimum Gasteiger partial charge on any atom is -0.464 e. The van der Waals surface area contributed by atoms with Gasteiger partial charge >= 0.3 is 6.09 Å². The van der Waals surface area contributed by atoms with Gasteiger partial charge in [0.15, 0.2) is 0 Å². The Morgan fingerprint density at radius 2 is 1.91 bits per heavy atom. The number of benzene rings is 2. The van der Waals surface area contributed by atoms with Crippen molar-refractivity contribution in [1.29, 1.82) is 0 Å². The van der Waals surface area contributed by atoms with Crippen molar-refractivity contribution >= 4 is 56.8 Å². The van der Waals surface area contributed by atoms with Crippen LogP contribution in [0.1, 0.15) is 24.2 Å². The predicted molar refractivity (Wildman–Crippen MR) is 129 cm³/mol. The maximum absolute atomic E-state index is 12.8. The first kappa shape index (κ1) is 22.3. The zero-order chi connectivity index (χ0) is 23.5. The molecule has 9 heteroatoms. The number of pyridine rings is 2. The number of halogens is 1. The molecule has 0 saturated carbocycles. The van der Waals surface area contributed by atoms with Crippen LogP contribution in [0.5, 0.6) is 0 Å². The molecule has 33 heavy (non-hydrogen) atoms. The second kappa shape index (κ2) is 9.30. The van der Waals surface area contributed by atoms with Gasteiger partial charge < -0.3 is 10.4 Å². The van der Waals surface area contributed by atoms with Gasteiger partial charge in [-0.3, -0.25) is 15.2 Å². The summed E-state index contributed by atoms with van der Waals surface area (Å²) in [5.41, 5.74) is 4.08. The highest BCUT2D eigenvalue weighted by molar-refractivity contribution is 6.30. The van der Waals surface area contributed by atoms with Crippen molar-refractivity contribution < 1.29 is 14.7 Å². The van der Waals surface area contributed by atoms with Crippen LogP contribution in [0.2, 0.25) is 5.02 Å². The minimum atomic E-state index is -1.22. The number of hydrogen-bond acceptors (Lipinski definition) is 5. The number of fused-ring (bicyclic) bond motifs is 3. The van der Waals surface area contributed by atoms with E-state index in [0.29, 0.717) is 21.9 Å². The number of anilines is 2. The zero-order valence-electron chi connectivity index (χ0n) is 18.0. The second-order valence-corrected chi connectivity index (χ2v) is 8.41. The Balaban J connectivity index is 1.74. The van der Waals surface area contributed by atoms with Gasteiger partial charge in [0.1, 0.15) is 5.82 Å². The summed E-state index contributed by atoms with van der Waals surface area (Å²) in [6.45, 7) is 3.92. The molecule has 0 unspecified atom stereocenters. The Labute approximate surface area is 195 Å². The Hall–Kier alpha value is -3.91. The Kier molecular flexibility index (Phi) is 6.28. The van der Waals surface area contributed by atoms with Crippen LogP contribution in [0.4, 0.5) is 16.3 Å². The average molecular weight is 464 g/mol. The summed E-state index contributed by atoms with van der Waals surface area (Å²) in [7, 11) is 0. The lowest BCUT2D eigenvalue weighted by molar-refractivity contribution is 0.0732. The number of nitrogens with one attached hydrogen (secondary N) is 2. The SMILES string of the molecule is CC(C)CN(NC(=O)c1ccc2c(c1)nc(Nc1cccc(Cl)c1)c1ccncc12)C(=O)O. The van der Waals surface area contributed by atoms with Gasteiger partial charge in [0.05, 0.1) is 5.52 Å². The number of carbonyl (C=O) groups excluding carboxylic acids is 1. The smallest absolute Gasteiger partial charge is 0.426 e. The van der Waals surface area contributed by atoms with E-state index in [9.17, 15) is 14.7 Å². The maximum atomic E-state index is 12.8. The lowest BCUT2D eigenvalue weighted by Crippen LogP contribution is -2.47. The zero-order valence-corrected chi connectivity index (χ0v) is 18.8. The van der Waals surface area contributed by atoms with Gasteiger partial charge in [0, 0.05) is 51.4 Å². The van der Waals surface area contributed by atoms with Crippen LogP contribution in [-0.2, 0) is 0 Å². The normalized spacial score (nSPS) is 11.0. The molecule has 0 bridgehead atoms. The summed E-state index contributed by atoms with van der Waals surface area (Å²) in [5.74, 6) is 0.114. The Morgan fingerprint density at radius 3 is 2.64 bits per heavy atom. The average Bonchev–Trinajstić information content (AvgIpc) is 2.78. The monoisotopic (exact) mass is 463 g/mol. The van der Waals surface area contributed by atoms with E-state index in [4.69, 9.17) is 16.6 Å². The third-order valence-corrected chi connectivity index (χ3v) is 5.20. The van der Waals surface area contributed by atoms with Crippen LogP contribution in [0.15, 0.2) is 60.9 Å². The van der Waals surface area contributed by atoms with E-state index in [0.717, 1.165) is 26.9 Å². The number of carboxylic acid groups (broad SMARTS) is 1. The van der Waals surface area contributed by atoms with Crippen LogP contribution in [-0.4, -0.2) is 38.6 Å². The molecule has 0 spiro atoms.